The van der Waals surface area contributed by atoms with E-state index in [9.17, 15) is 5.11 Å². The predicted octanol–water partition coefficient (Wildman–Crippen LogP) is 4.72. The maximum Gasteiger partial charge on any atom is 0.141 e. The highest BCUT2D eigenvalue weighted by molar-refractivity contribution is 5.82. The maximum atomic E-state index is 9.68. The fourth-order valence-corrected chi connectivity index (χ4v) is 2.11. The summed E-state index contributed by atoms with van der Waals surface area (Å²) in [5.74, 6) is 0.986. The normalized spacial score (nSPS) is 10.8. The summed E-state index contributed by atoms with van der Waals surface area (Å²) in [4.78, 5) is 4.28. The average Bonchev–Trinajstić information content (AvgIpc) is 2.61. The highest BCUT2D eigenvalue weighted by Gasteiger charge is 1.97. The molecule has 0 saturated heterocycles. The van der Waals surface area contributed by atoms with Crippen molar-refractivity contribution < 1.29 is 9.84 Å². The Hall–Kier alpha value is -3.07. The van der Waals surface area contributed by atoms with Crippen molar-refractivity contribution in [1.29, 1.82) is 0 Å². The van der Waals surface area contributed by atoms with E-state index in [0.717, 1.165) is 16.9 Å². The minimum atomic E-state index is 0.173. The fourth-order valence-electron chi connectivity index (χ4n) is 2.11. The van der Waals surface area contributed by atoms with Crippen LogP contribution in [0.5, 0.6) is 11.5 Å². The zero-order valence-electron chi connectivity index (χ0n) is 12.6. The van der Waals surface area contributed by atoms with Crippen LogP contribution in [0.25, 0.3) is 0 Å². The predicted molar refractivity (Wildman–Crippen MR) is 92.6 cm³/mol. The minimum absolute atomic E-state index is 0.173. The molecule has 0 atom stereocenters. The number of hydrogen-bond acceptors (Lipinski definition) is 3. The lowest BCUT2D eigenvalue weighted by Crippen LogP contribution is -1.94. The van der Waals surface area contributed by atoms with E-state index >= 15 is 0 Å². The van der Waals surface area contributed by atoms with Gasteiger partial charge in [0.15, 0.2) is 0 Å². The molecular formula is C20H17NO2. The van der Waals surface area contributed by atoms with E-state index in [2.05, 4.69) is 4.99 Å². The smallest absolute Gasteiger partial charge is 0.141 e. The Morgan fingerprint density at radius 1 is 0.826 bits per heavy atom. The van der Waals surface area contributed by atoms with Gasteiger partial charge in [-0.2, -0.15) is 0 Å². The Morgan fingerprint density at radius 3 is 2.26 bits per heavy atom. The Balaban J connectivity index is 1.62. The van der Waals surface area contributed by atoms with Crippen LogP contribution in [0.15, 0.2) is 83.9 Å². The lowest BCUT2D eigenvalue weighted by atomic mass is 10.2. The average molecular weight is 303 g/mol. The number of benzene rings is 3. The Labute approximate surface area is 135 Å². The molecule has 114 valence electrons. The van der Waals surface area contributed by atoms with E-state index in [-0.39, 0.29) is 5.75 Å². The number of para-hydroxylation sites is 2. The highest BCUT2D eigenvalue weighted by Crippen LogP contribution is 2.24. The molecule has 0 unspecified atom stereocenters. The molecule has 23 heavy (non-hydrogen) atoms. The maximum absolute atomic E-state index is 9.68. The van der Waals surface area contributed by atoms with Gasteiger partial charge >= 0.3 is 0 Å². The van der Waals surface area contributed by atoms with Crippen molar-refractivity contribution in [1.82, 2.24) is 0 Å². The van der Waals surface area contributed by atoms with Gasteiger partial charge in [-0.3, -0.25) is 4.99 Å². The van der Waals surface area contributed by atoms with Crippen LogP contribution in [-0.2, 0) is 6.61 Å². The van der Waals surface area contributed by atoms with Crippen molar-refractivity contribution in [2.75, 3.05) is 0 Å². The van der Waals surface area contributed by atoms with Gasteiger partial charge in [0.2, 0.25) is 0 Å². The van der Waals surface area contributed by atoms with Crippen LogP contribution in [0.4, 0.5) is 5.69 Å². The van der Waals surface area contributed by atoms with Crippen LogP contribution in [0.1, 0.15) is 11.1 Å². The summed E-state index contributed by atoms with van der Waals surface area (Å²) in [6.07, 6.45) is 1.72. The molecule has 0 amide bonds. The summed E-state index contributed by atoms with van der Waals surface area (Å²) < 4.78 is 5.74. The van der Waals surface area contributed by atoms with E-state index in [4.69, 9.17) is 4.74 Å². The third-order valence-corrected chi connectivity index (χ3v) is 3.36. The molecule has 0 heterocycles. The Bertz CT molecular complexity index is 780. The van der Waals surface area contributed by atoms with Crippen molar-refractivity contribution in [3.05, 3.63) is 90.0 Å². The third kappa shape index (κ3) is 4.20. The second-order valence-corrected chi connectivity index (χ2v) is 5.09. The molecule has 3 aromatic rings. The Morgan fingerprint density at radius 2 is 1.52 bits per heavy atom. The van der Waals surface area contributed by atoms with Crippen molar-refractivity contribution in [2.45, 2.75) is 6.61 Å². The van der Waals surface area contributed by atoms with Crippen molar-refractivity contribution in [3.63, 3.8) is 0 Å². The van der Waals surface area contributed by atoms with Crippen LogP contribution in [-0.4, -0.2) is 11.3 Å². The SMILES string of the molecule is Oc1ccccc1/N=C/c1ccc(OCc2ccccc2)cc1. The fraction of sp³-hybridized carbons (Fsp3) is 0.0500. The molecule has 0 saturated carbocycles. The minimum Gasteiger partial charge on any atom is -0.506 e. The number of aromatic hydroxyl groups is 1. The van der Waals surface area contributed by atoms with Crippen LogP contribution < -0.4 is 4.74 Å². The second-order valence-electron chi connectivity index (χ2n) is 5.09. The van der Waals surface area contributed by atoms with E-state index in [1.807, 2.05) is 60.7 Å². The van der Waals surface area contributed by atoms with E-state index in [1.165, 1.54) is 0 Å². The second kappa shape index (κ2) is 7.27. The first-order valence-corrected chi connectivity index (χ1v) is 7.40. The first-order chi connectivity index (χ1) is 11.3. The van der Waals surface area contributed by atoms with Gasteiger partial charge in [0.05, 0.1) is 0 Å². The number of ether oxygens (including phenoxy) is 1. The molecule has 0 radical (unpaired) electrons. The van der Waals surface area contributed by atoms with Gasteiger partial charge in [0, 0.05) is 6.21 Å². The van der Waals surface area contributed by atoms with Crippen LogP contribution >= 0.6 is 0 Å². The third-order valence-electron chi connectivity index (χ3n) is 3.36. The van der Waals surface area contributed by atoms with Gasteiger partial charge in [-0.25, -0.2) is 0 Å². The zero-order valence-corrected chi connectivity index (χ0v) is 12.6. The molecule has 0 aliphatic rings. The van der Waals surface area contributed by atoms with Crippen LogP contribution in [0.2, 0.25) is 0 Å². The molecule has 0 spiro atoms. The summed E-state index contributed by atoms with van der Waals surface area (Å²) in [5, 5.41) is 9.68. The molecule has 0 fully saturated rings. The van der Waals surface area contributed by atoms with Crippen LogP contribution in [0, 0.1) is 0 Å². The van der Waals surface area contributed by atoms with E-state index in [1.54, 1.807) is 24.4 Å². The van der Waals surface area contributed by atoms with Gasteiger partial charge in [0.25, 0.3) is 0 Å². The van der Waals surface area contributed by atoms with E-state index < -0.39 is 0 Å². The zero-order chi connectivity index (χ0) is 15.9. The molecule has 0 aliphatic carbocycles. The molecule has 0 aliphatic heterocycles. The standard InChI is InChI=1S/C20H17NO2/c22-20-9-5-4-8-19(20)21-14-16-10-12-18(13-11-16)23-15-17-6-2-1-3-7-17/h1-14,22H,15H2/b21-14+. The molecule has 3 nitrogen and oxygen atoms in total. The molecule has 0 bridgehead atoms. The number of rotatable bonds is 5. The number of phenolic OH excluding ortho intramolecular Hbond substituents is 1. The topological polar surface area (TPSA) is 41.8 Å². The van der Waals surface area contributed by atoms with Gasteiger partial charge in [0.1, 0.15) is 23.8 Å². The monoisotopic (exact) mass is 303 g/mol. The number of aliphatic imine (C=N–C) groups is 1. The molecule has 3 heteroatoms. The lowest BCUT2D eigenvalue weighted by Gasteiger charge is -2.06. The quantitative estimate of drug-likeness (QED) is 0.693. The van der Waals surface area contributed by atoms with Gasteiger partial charge < -0.3 is 9.84 Å². The van der Waals surface area contributed by atoms with Crippen molar-refractivity contribution >= 4 is 11.9 Å². The van der Waals surface area contributed by atoms with Crippen molar-refractivity contribution in [3.8, 4) is 11.5 Å². The summed E-state index contributed by atoms with van der Waals surface area (Å²) in [6.45, 7) is 0.548. The highest BCUT2D eigenvalue weighted by atomic mass is 16.5. The molecule has 3 rings (SSSR count). The number of nitrogens with zero attached hydrogens (tertiary/aromatic N) is 1. The summed E-state index contributed by atoms with van der Waals surface area (Å²) >= 11 is 0. The lowest BCUT2D eigenvalue weighted by molar-refractivity contribution is 0.306. The van der Waals surface area contributed by atoms with Gasteiger partial charge in [-0.05, 0) is 47.5 Å². The molecule has 3 aromatic carbocycles. The van der Waals surface area contributed by atoms with Crippen molar-refractivity contribution in [2.24, 2.45) is 4.99 Å². The molecule has 0 aromatic heterocycles. The number of phenols is 1. The van der Waals surface area contributed by atoms with Crippen LogP contribution in [0.3, 0.4) is 0 Å². The number of hydrogen-bond donors (Lipinski definition) is 1. The first kappa shape index (κ1) is 14.9. The summed E-state index contributed by atoms with van der Waals surface area (Å²) in [6, 6.07) is 24.7. The van der Waals surface area contributed by atoms with Gasteiger partial charge in [-0.1, -0.05) is 42.5 Å². The molecular weight excluding hydrogens is 286 g/mol. The Kier molecular flexibility index (Phi) is 4.69. The first-order valence-electron chi connectivity index (χ1n) is 7.40. The van der Waals surface area contributed by atoms with Gasteiger partial charge in [-0.15, -0.1) is 0 Å². The largest absolute Gasteiger partial charge is 0.506 e. The molecule has 1 N–H and O–H groups in total. The summed E-state index contributed by atoms with van der Waals surface area (Å²) in [5.41, 5.74) is 2.63. The summed E-state index contributed by atoms with van der Waals surface area (Å²) in [7, 11) is 0. The van der Waals surface area contributed by atoms with E-state index in [0.29, 0.717) is 12.3 Å².